The van der Waals surface area contributed by atoms with E-state index >= 15 is 0 Å². The van der Waals surface area contributed by atoms with E-state index in [0.717, 1.165) is 0 Å². The number of carbonyl (C=O) groups excluding carboxylic acids is 1. The molecule has 3 heterocycles. The molecule has 0 radical (unpaired) electrons. The zero-order valence-corrected chi connectivity index (χ0v) is 22.5. The molecule has 2 N–H and O–H groups in total. The number of hydrogen-bond acceptors (Lipinski definition) is 11. The van der Waals surface area contributed by atoms with E-state index in [4.69, 9.17) is 32.6 Å². The van der Waals surface area contributed by atoms with Crippen molar-refractivity contribution in [2.75, 3.05) is 32.8 Å². The van der Waals surface area contributed by atoms with Gasteiger partial charge in [0.2, 0.25) is 5.79 Å². The van der Waals surface area contributed by atoms with Crippen LogP contribution in [0.1, 0.15) is 61.3 Å². The summed E-state index contributed by atoms with van der Waals surface area (Å²) >= 11 is 0. The predicted molar refractivity (Wildman–Crippen MR) is 123 cm³/mol. The highest BCUT2D eigenvalue weighted by Gasteiger charge is 2.65. The van der Waals surface area contributed by atoms with E-state index in [1.807, 2.05) is 20.8 Å². The molecule has 3 aliphatic rings. The van der Waals surface area contributed by atoms with E-state index < -0.39 is 52.1 Å². The lowest BCUT2D eigenvalue weighted by Gasteiger charge is -2.40. The monoisotopic (exact) mass is 524 g/mol. The molecule has 204 valence electrons. The molecule has 0 unspecified atom stereocenters. The first-order valence-electron chi connectivity index (χ1n) is 12.0. The number of hydrogen-bond donors (Lipinski definition) is 2. The smallest absolute Gasteiger partial charge is 0.336 e. The Balaban J connectivity index is 1.42. The molecule has 0 saturated carbocycles. The molecule has 12 nitrogen and oxygen atoms in total. The van der Waals surface area contributed by atoms with Gasteiger partial charge in [0, 0.05) is 19.5 Å². The van der Waals surface area contributed by atoms with Gasteiger partial charge in [-0.2, -0.15) is 13.1 Å². The lowest BCUT2D eigenvalue weighted by Crippen LogP contribution is -2.60. The summed E-state index contributed by atoms with van der Waals surface area (Å²) in [4.78, 5) is 11.7. The summed E-state index contributed by atoms with van der Waals surface area (Å²) in [6.07, 6.45) is -0.729. The molecule has 0 amide bonds. The Kier molecular flexibility index (Phi) is 8.57. The molecule has 35 heavy (non-hydrogen) atoms. The fourth-order valence-electron chi connectivity index (χ4n) is 4.29. The van der Waals surface area contributed by atoms with Crippen LogP contribution in [-0.2, 0) is 47.7 Å². The van der Waals surface area contributed by atoms with Gasteiger partial charge in [0.25, 0.3) is 0 Å². The van der Waals surface area contributed by atoms with Crippen LogP contribution in [0.15, 0.2) is 0 Å². The topological polar surface area (TPSA) is 140 Å². The van der Waals surface area contributed by atoms with E-state index in [2.05, 4.69) is 10.0 Å². The second-order valence-corrected chi connectivity index (χ2v) is 12.3. The summed E-state index contributed by atoms with van der Waals surface area (Å²) in [5.41, 5.74) is -0.507. The fourth-order valence-corrected chi connectivity index (χ4v) is 5.04. The Hall–Kier alpha value is -0.900. The van der Waals surface area contributed by atoms with Gasteiger partial charge in [-0.3, -0.25) is 8.98 Å². The van der Waals surface area contributed by atoms with Gasteiger partial charge in [0.1, 0.15) is 30.5 Å². The van der Waals surface area contributed by atoms with Crippen LogP contribution in [0, 0.1) is 0 Å². The average Bonchev–Trinajstić information content (AvgIpc) is 3.15. The molecule has 3 aliphatic heterocycles. The third-order valence-electron chi connectivity index (χ3n) is 5.43. The van der Waals surface area contributed by atoms with E-state index in [0.29, 0.717) is 19.5 Å². The van der Waals surface area contributed by atoms with Crippen LogP contribution in [0.5, 0.6) is 0 Å². The Morgan fingerprint density at radius 1 is 1.03 bits per heavy atom. The minimum atomic E-state index is -4.09. The van der Waals surface area contributed by atoms with Gasteiger partial charge in [0.15, 0.2) is 11.6 Å². The van der Waals surface area contributed by atoms with Crippen LogP contribution in [0.25, 0.3) is 0 Å². The summed E-state index contributed by atoms with van der Waals surface area (Å²) in [5.74, 6) is -3.57. The normalized spacial score (nSPS) is 31.7. The Labute approximate surface area is 207 Å². The summed E-state index contributed by atoms with van der Waals surface area (Å²) in [5, 5.41) is 3.07. The van der Waals surface area contributed by atoms with Gasteiger partial charge >= 0.3 is 16.3 Å². The van der Waals surface area contributed by atoms with Crippen molar-refractivity contribution in [3.05, 3.63) is 0 Å². The average molecular weight is 525 g/mol. The summed E-state index contributed by atoms with van der Waals surface area (Å²) in [6, 6.07) is 0. The second kappa shape index (κ2) is 10.5. The van der Waals surface area contributed by atoms with Crippen molar-refractivity contribution in [1.82, 2.24) is 10.0 Å². The van der Waals surface area contributed by atoms with Gasteiger partial charge in [0.05, 0.1) is 6.61 Å². The van der Waals surface area contributed by atoms with Crippen molar-refractivity contribution in [2.24, 2.45) is 0 Å². The minimum absolute atomic E-state index is 0.102. The van der Waals surface area contributed by atoms with Crippen molar-refractivity contribution in [1.29, 1.82) is 0 Å². The molecule has 0 spiro atoms. The highest BCUT2D eigenvalue weighted by atomic mass is 32.2. The van der Waals surface area contributed by atoms with Crippen LogP contribution in [0.2, 0.25) is 0 Å². The first-order valence-corrected chi connectivity index (χ1v) is 13.4. The molecule has 3 rings (SSSR count). The highest BCUT2D eigenvalue weighted by Crippen LogP contribution is 2.47. The largest absolute Gasteiger partial charge is 0.460 e. The lowest BCUT2D eigenvalue weighted by atomic mass is 9.98. The van der Waals surface area contributed by atoms with E-state index in [1.165, 1.54) is 0 Å². The molecule has 3 saturated heterocycles. The zero-order chi connectivity index (χ0) is 26.1. The van der Waals surface area contributed by atoms with Crippen molar-refractivity contribution < 1.29 is 45.8 Å². The number of carbonyl (C=O) groups is 1. The van der Waals surface area contributed by atoms with Crippen molar-refractivity contribution in [3.8, 4) is 0 Å². The maximum atomic E-state index is 12.4. The number of esters is 1. The third-order valence-corrected chi connectivity index (χ3v) is 6.41. The highest BCUT2D eigenvalue weighted by molar-refractivity contribution is 7.84. The molecule has 4 atom stereocenters. The van der Waals surface area contributed by atoms with Gasteiger partial charge in [-0.1, -0.05) is 0 Å². The first kappa shape index (κ1) is 28.7. The Morgan fingerprint density at radius 3 is 2.43 bits per heavy atom. The van der Waals surface area contributed by atoms with Gasteiger partial charge in [-0.15, -0.1) is 0 Å². The second-order valence-electron chi connectivity index (χ2n) is 10.9. The molecule has 0 bridgehead atoms. The summed E-state index contributed by atoms with van der Waals surface area (Å²) in [6.45, 7) is 13.2. The van der Waals surface area contributed by atoms with Gasteiger partial charge in [-0.05, 0) is 61.4 Å². The van der Waals surface area contributed by atoms with Crippen LogP contribution in [0.4, 0.5) is 0 Å². The van der Waals surface area contributed by atoms with Crippen molar-refractivity contribution in [2.45, 2.75) is 103 Å². The van der Waals surface area contributed by atoms with Crippen molar-refractivity contribution >= 4 is 16.3 Å². The first-order chi connectivity index (χ1) is 16.0. The third kappa shape index (κ3) is 8.04. The molecule has 0 aromatic rings. The molecular formula is C22H40N2O10S. The lowest BCUT2D eigenvalue weighted by molar-refractivity contribution is -0.290. The molecule has 0 aliphatic carbocycles. The van der Waals surface area contributed by atoms with Crippen LogP contribution in [-0.4, -0.2) is 88.5 Å². The van der Waals surface area contributed by atoms with Crippen LogP contribution >= 0.6 is 0 Å². The fraction of sp³-hybridized carbons (Fsp3) is 0.955. The predicted octanol–water partition coefficient (Wildman–Crippen LogP) is 0.947. The quantitative estimate of drug-likeness (QED) is 0.295. The molecule has 0 aromatic carbocycles. The number of nitrogens with one attached hydrogen (secondary N) is 2. The molecular weight excluding hydrogens is 484 g/mol. The van der Waals surface area contributed by atoms with E-state index in [1.54, 1.807) is 27.7 Å². The van der Waals surface area contributed by atoms with Crippen molar-refractivity contribution in [3.63, 3.8) is 0 Å². The maximum absolute atomic E-state index is 12.4. The summed E-state index contributed by atoms with van der Waals surface area (Å²) in [7, 11) is -4.09. The van der Waals surface area contributed by atoms with Crippen LogP contribution in [0.3, 0.4) is 0 Å². The van der Waals surface area contributed by atoms with Gasteiger partial charge in [-0.25, -0.2) is 0 Å². The number of fused-ring (bicyclic) bond motifs is 3. The Bertz CT molecular complexity index is 857. The van der Waals surface area contributed by atoms with Gasteiger partial charge < -0.3 is 33.7 Å². The molecule has 13 heteroatoms. The number of rotatable bonds is 11. The van der Waals surface area contributed by atoms with E-state index in [9.17, 15) is 13.2 Å². The SMILES string of the molecule is CC(C)(C)OC(=O)CCCNCCNS(=O)(=O)OC[C@@]12OC[C@H]3OC(C)(C)O[C@H]3[C@@H]1OC(C)(C)O2. The maximum Gasteiger partial charge on any atom is 0.336 e. The molecule has 3 fully saturated rings. The summed E-state index contributed by atoms with van der Waals surface area (Å²) < 4.78 is 67.5. The van der Waals surface area contributed by atoms with Crippen LogP contribution < -0.4 is 10.0 Å². The molecule has 0 aromatic heterocycles. The minimum Gasteiger partial charge on any atom is -0.460 e. The van der Waals surface area contributed by atoms with E-state index in [-0.39, 0.29) is 31.6 Å². The standard InChI is InChI=1S/C22H40N2O10S/c1-19(2,3)31-16(25)9-8-10-23-11-12-24-35(26,27)29-14-22-18(33-21(6,7)34-22)17-15(13-28-22)30-20(4,5)32-17/h15,17-18,23-24H,8-14H2,1-7H3/t15-,17-,18+,22+/m1/s1. The Morgan fingerprint density at radius 2 is 1.74 bits per heavy atom. The number of ether oxygens (including phenoxy) is 6. The zero-order valence-electron chi connectivity index (χ0n) is 21.7.